The van der Waals surface area contributed by atoms with Crippen LogP contribution in [-0.2, 0) is 4.74 Å². The Morgan fingerprint density at radius 3 is 2.42 bits per heavy atom. The Morgan fingerprint density at radius 2 is 1.79 bits per heavy atom. The number of carbonyl (C=O) groups excluding carboxylic acids is 1. The average molecular weight is 337 g/mol. The van der Waals surface area contributed by atoms with Gasteiger partial charge in [-0.25, -0.2) is 4.79 Å². The third-order valence-electron chi connectivity index (χ3n) is 7.47. The molecule has 3 aliphatic rings. The molecule has 2 saturated carbocycles. The van der Waals surface area contributed by atoms with E-state index in [0.29, 0.717) is 23.5 Å². The Balaban J connectivity index is 1.45. The third-order valence-corrected chi connectivity index (χ3v) is 7.47. The zero-order valence-electron chi connectivity index (χ0n) is 16.2. The first kappa shape index (κ1) is 18.0. The van der Waals surface area contributed by atoms with Gasteiger partial charge in [0.2, 0.25) is 0 Å². The summed E-state index contributed by atoms with van der Waals surface area (Å²) in [7, 11) is 0. The standard InChI is InChI=1S/C20H36N2O2/c1-6-19(2,3)13-7-9-14(10-8-13)21-18(23)22-16-15-11-12-24-17(15)20(16,4)5/h13-17H,6-12H2,1-5H3,(H2,21,22,23)/t13?,14?,15-,16+,17+/m0/s1. The van der Waals surface area contributed by atoms with Crippen molar-refractivity contribution in [2.45, 2.75) is 91.3 Å². The predicted molar refractivity (Wildman–Crippen MR) is 96.9 cm³/mol. The van der Waals surface area contributed by atoms with Gasteiger partial charge in [0.15, 0.2) is 0 Å². The van der Waals surface area contributed by atoms with Crippen LogP contribution in [0.5, 0.6) is 0 Å². The van der Waals surface area contributed by atoms with Crippen molar-refractivity contribution < 1.29 is 9.53 Å². The van der Waals surface area contributed by atoms with Crippen LogP contribution in [0.25, 0.3) is 0 Å². The van der Waals surface area contributed by atoms with Gasteiger partial charge in [-0.2, -0.15) is 0 Å². The third kappa shape index (κ3) is 3.18. The molecule has 1 aliphatic heterocycles. The van der Waals surface area contributed by atoms with Crippen LogP contribution in [0.1, 0.15) is 73.1 Å². The molecule has 3 rings (SSSR count). The number of fused-ring (bicyclic) bond motifs is 1. The highest BCUT2D eigenvalue weighted by atomic mass is 16.5. The van der Waals surface area contributed by atoms with Crippen molar-refractivity contribution in [3.05, 3.63) is 0 Å². The molecule has 1 saturated heterocycles. The summed E-state index contributed by atoms with van der Waals surface area (Å²) in [6.45, 7) is 12.3. The lowest BCUT2D eigenvalue weighted by Gasteiger charge is -2.54. The molecule has 138 valence electrons. The topological polar surface area (TPSA) is 50.4 Å². The molecule has 0 spiro atoms. The highest BCUT2D eigenvalue weighted by molar-refractivity contribution is 5.75. The van der Waals surface area contributed by atoms with Gasteiger partial charge < -0.3 is 15.4 Å². The summed E-state index contributed by atoms with van der Waals surface area (Å²) < 4.78 is 5.81. The maximum absolute atomic E-state index is 12.5. The quantitative estimate of drug-likeness (QED) is 0.812. The number of rotatable bonds is 4. The van der Waals surface area contributed by atoms with Gasteiger partial charge in [0.05, 0.1) is 6.10 Å². The van der Waals surface area contributed by atoms with E-state index in [1.54, 1.807) is 0 Å². The van der Waals surface area contributed by atoms with Crippen molar-refractivity contribution in [1.29, 1.82) is 0 Å². The van der Waals surface area contributed by atoms with Gasteiger partial charge >= 0.3 is 6.03 Å². The molecule has 0 aromatic heterocycles. The van der Waals surface area contributed by atoms with Crippen LogP contribution in [0, 0.1) is 22.7 Å². The maximum Gasteiger partial charge on any atom is 0.315 e. The first-order valence-electron chi connectivity index (χ1n) is 9.94. The van der Waals surface area contributed by atoms with Crippen molar-refractivity contribution in [3.63, 3.8) is 0 Å². The molecule has 2 amide bonds. The van der Waals surface area contributed by atoms with E-state index >= 15 is 0 Å². The fourth-order valence-electron chi connectivity index (χ4n) is 5.29. The van der Waals surface area contributed by atoms with Crippen LogP contribution in [0.15, 0.2) is 0 Å². The number of ether oxygens (including phenoxy) is 1. The molecule has 4 nitrogen and oxygen atoms in total. The molecule has 24 heavy (non-hydrogen) atoms. The highest BCUT2D eigenvalue weighted by Crippen LogP contribution is 2.52. The normalized spacial score (nSPS) is 38.1. The molecule has 2 N–H and O–H groups in total. The fourth-order valence-corrected chi connectivity index (χ4v) is 5.29. The van der Waals surface area contributed by atoms with Crippen molar-refractivity contribution >= 4 is 6.03 Å². The molecule has 0 radical (unpaired) electrons. The SMILES string of the molecule is CCC(C)(C)C1CCC(NC(=O)N[C@@H]2[C@@H]3CCO[C@H]3C2(C)C)CC1. The van der Waals surface area contributed by atoms with E-state index in [9.17, 15) is 4.79 Å². The Kier molecular flexibility index (Phi) is 4.89. The zero-order chi connectivity index (χ0) is 17.5. The minimum absolute atomic E-state index is 0.0247. The van der Waals surface area contributed by atoms with E-state index < -0.39 is 0 Å². The smallest absolute Gasteiger partial charge is 0.315 e. The molecule has 4 heteroatoms. The van der Waals surface area contributed by atoms with Gasteiger partial charge in [0, 0.05) is 30.0 Å². The summed E-state index contributed by atoms with van der Waals surface area (Å²) >= 11 is 0. The van der Waals surface area contributed by atoms with Gasteiger partial charge in [-0.15, -0.1) is 0 Å². The van der Waals surface area contributed by atoms with Crippen LogP contribution in [-0.4, -0.2) is 30.8 Å². The highest BCUT2D eigenvalue weighted by Gasteiger charge is 2.59. The van der Waals surface area contributed by atoms with Crippen LogP contribution >= 0.6 is 0 Å². The number of amides is 2. The summed E-state index contributed by atoms with van der Waals surface area (Å²) in [5.41, 5.74) is 0.488. The number of nitrogens with one attached hydrogen (secondary N) is 2. The number of hydrogen-bond acceptors (Lipinski definition) is 2. The number of hydrogen-bond donors (Lipinski definition) is 2. The zero-order valence-corrected chi connectivity index (χ0v) is 16.2. The summed E-state index contributed by atoms with van der Waals surface area (Å²) in [6.07, 6.45) is 7.34. The fraction of sp³-hybridized carbons (Fsp3) is 0.950. The molecule has 3 atom stereocenters. The molecule has 0 unspecified atom stereocenters. The summed E-state index contributed by atoms with van der Waals surface area (Å²) in [4.78, 5) is 12.5. The molecule has 1 heterocycles. The maximum atomic E-state index is 12.5. The summed E-state index contributed by atoms with van der Waals surface area (Å²) in [5.74, 6) is 1.30. The largest absolute Gasteiger partial charge is 0.377 e. The van der Waals surface area contributed by atoms with Crippen molar-refractivity contribution in [3.8, 4) is 0 Å². The Bertz CT molecular complexity index is 466. The van der Waals surface area contributed by atoms with Gasteiger partial charge in [0.1, 0.15) is 0 Å². The second-order valence-corrected chi connectivity index (χ2v) is 9.55. The minimum atomic E-state index is 0.0247. The predicted octanol–water partition coefficient (Wildman–Crippen LogP) is 4.09. The molecule has 0 aromatic carbocycles. The van der Waals surface area contributed by atoms with Gasteiger partial charge in [-0.1, -0.05) is 41.0 Å². The molecular weight excluding hydrogens is 300 g/mol. The van der Waals surface area contributed by atoms with Crippen LogP contribution in [0.3, 0.4) is 0 Å². The molecule has 0 aromatic rings. The Labute approximate surface area is 147 Å². The van der Waals surface area contributed by atoms with Crippen molar-refractivity contribution in [2.24, 2.45) is 22.7 Å². The molecule has 2 aliphatic carbocycles. The van der Waals surface area contributed by atoms with Crippen LogP contribution < -0.4 is 10.6 Å². The molecular formula is C20H36N2O2. The number of urea groups is 1. The van der Waals surface area contributed by atoms with Crippen molar-refractivity contribution in [1.82, 2.24) is 10.6 Å². The van der Waals surface area contributed by atoms with Gasteiger partial charge in [-0.05, 0) is 43.4 Å². The van der Waals surface area contributed by atoms with E-state index in [1.165, 1.54) is 19.3 Å². The minimum Gasteiger partial charge on any atom is -0.377 e. The van der Waals surface area contributed by atoms with E-state index in [1.807, 2.05) is 0 Å². The first-order valence-corrected chi connectivity index (χ1v) is 9.94. The lowest BCUT2D eigenvalue weighted by atomic mass is 9.57. The van der Waals surface area contributed by atoms with Gasteiger partial charge in [0.25, 0.3) is 0 Å². The number of carbonyl (C=O) groups is 1. The van der Waals surface area contributed by atoms with Crippen LogP contribution in [0.2, 0.25) is 0 Å². The lowest BCUT2D eigenvalue weighted by Crippen LogP contribution is -2.68. The first-order chi connectivity index (χ1) is 11.3. The van der Waals surface area contributed by atoms with E-state index in [-0.39, 0.29) is 17.5 Å². The van der Waals surface area contributed by atoms with Gasteiger partial charge in [-0.3, -0.25) is 0 Å². The lowest BCUT2D eigenvalue weighted by molar-refractivity contribution is -0.108. The molecule has 3 fully saturated rings. The van der Waals surface area contributed by atoms with Crippen LogP contribution in [0.4, 0.5) is 4.79 Å². The Hall–Kier alpha value is -0.770. The van der Waals surface area contributed by atoms with E-state index in [0.717, 1.165) is 31.8 Å². The van der Waals surface area contributed by atoms with E-state index in [4.69, 9.17) is 4.74 Å². The average Bonchev–Trinajstić information content (AvgIpc) is 3.00. The summed E-state index contributed by atoms with van der Waals surface area (Å²) in [5, 5.41) is 6.48. The second kappa shape index (κ2) is 6.51. The monoisotopic (exact) mass is 336 g/mol. The second-order valence-electron chi connectivity index (χ2n) is 9.55. The van der Waals surface area contributed by atoms with Crippen molar-refractivity contribution in [2.75, 3.05) is 6.61 Å². The molecule has 0 bridgehead atoms. The van der Waals surface area contributed by atoms with E-state index in [2.05, 4.69) is 45.3 Å². The summed E-state index contributed by atoms with van der Waals surface area (Å²) in [6, 6.07) is 0.615. The Morgan fingerprint density at radius 1 is 1.12 bits per heavy atom.